The maximum Gasteiger partial charge on any atom is 0.493 e. The van der Waals surface area contributed by atoms with Crippen molar-refractivity contribution in [3.05, 3.63) is 101 Å². The van der Waals surface area contributed by atoms with Gasteiger partial charge in [0.2, 0.25) is 0 Å². The predicted octanol–water partition coefficient (Wildman–Crippen LogP) is 3.66. The minimum atomic E-state index is -0.447. The fourth-order valence-electron chi connectivity index (χ4n) is 5.82. The lowest BCUT2D eigenvalue weighted by Crippen LogP contribution is -2.59. The van der Waals surface area contributed by atoms with E-state index >= 15 is 0 Å². The minimum absolute atomic E-state index is 0.424. The molecule has 5 rings (SSSR count). The highest BCUT2D eigenvalue weighted by Gasteiger charge is 2.52. The molecule has 0 bridgehead atoms. The van der Waals surface area contributed by atoms with Gasteiger partial charge in [-0.25, -0.2) is 0 Å². The van der Waals surface area contributed by atoms with Gasteiger partial charge in [-0.05, 0) is 72.0 Å². The van der Waals surface area contributed by atoms with E-state index in [0.29, 0.717) is 0 Å². The van der Waals surface area contributed by atoms with Crippen LogP contribution in [0.15, 0.2) is 78.9 Å². The normalized spacial score (nSPS) is 15.8. The summed E-state index contributed by atoms with van der Waals surface area (Å²) in [6.45, 7) is 17.4. The SMILES string of the molecule is Cc1cccc(C)c1Bc1ccc(-c2ccccc2)c(Bc2c(C)cccc2C)c1B1OC(C)(C)C(C)(C)O1. The van der Waals surface area contributed by atoms with Gasteiger partial charge in [0, 0.05) is 0 Å². The molecule has 0 aliphatic carbocycles. The maximum atomic E-state index is 6.80. The van der Waals surface area contributed by atoms with Crippen molar-refractivity contribution in [2.75, 3.05) is 0 Å². The van der Waals surface area contributed by atoms with Crippen LogP contribution in [0.4, 0.5) is 0 Å². The first kappa shape index (κ1) is 27.6. The molecule has 0 unspecified atom stereocenters. The first-order valence-electron chi connectivity index (χ1n) is 14.1. The Bertz CT molecular complexity index is 1450. The molecule has 4 aromatic rings. The van der Waals surface area contributed by atoms with Crippen molar-refractivity contribution in [2.24, 2.45) is 0 Å². The summed E-state index contributed by atoms with van der Waals surface area (Å²) in [4.78, 5) is 0. The Labute approximate surface area is 236 Å². The van der Waals surface area contributed by atoms with E-state index in [1.54, 1.807) is 0 Å². The van der Waals surface area contributed by atoms with Gasteiger partial charge in [0.1, 0.15) is 0 Å². The molecule has 0 amide bonds. The molecule has 1 aliphatic heterocycles. The van der Waals surface area contributed by atoms with Gasteiger partial charge in [-0.3, -0.25) is 0 Å². The molecule has 2 nitrogen and oxygen atoms in total. The van der Waals surface area contributed by atoms with E-state index in [1.165, 1.54) is 60.7 Å². The first-order valence-corrected chi connectivity index (χ1v) is 14.1. The monoisotopic (exact) mass is 512 g/mol. The molecule has 0 aromatic heterocycles. The van der Waals surface area contributed by atoms with E-state index in [1.807, 2.05) is 0 Å². The summed E-state index contributed by atoms with van der Waals surface area (Å²) in [5.41, 5.74) is 13.4. The van der Waals surface area contributed by atoms with Crippen LogP contribution in [0.1, 0.15) is 49.9 Å². The number of aryl methyl sites for hydroxylation is 4. The average molecular weight is 512 g/mol. The van der Waals surface area contributed by atoms with Gasteiger partial charge in [-0.15, -0.1) is 0 Å². The third-order valence-corrected chi connectivity index (χ3v) is 9.03. The maximum absolute atomic E-state index is 6.80. The smallest absolute Gasteiger partial charge is 0.399 e. The molecule has 4 aromatic carbocycles. The molecule has 5 heteroatoms. The van der Waals surface area contributed by atoms with Crippen molar-refractivity contribution in [1.29, 1.82) is 0 Å². The fraction of sp³-hybridized carbons (Fsp3) is 0.294. The number of benzene rings is 4. The van der Waals surface area contributed by atoms with Gasteiger partial charge in [0.25, 0.3) is 0 Å². The van der Waals surface area contributed by atoms with Crippen molar-refractivity contribution in [1.82, 2.24) is 0 Å². The Kier molecular flexibility index (Phi) is 7.44. The lowest BCUT2D eigenvalue weighted by atomic mass is 9.48. The summed E-state index contributed by atoms with van der Waals surface area (Å²) in [5, 5.41) is 0. The second-order valence-corrected chi connectivity index (χ2v) is 12.2. The van der Waals surface area contributed by atoms with Crippen molar-refractivity contribution < 1.29 is 9.31 Å². The van der Waals surface area contributed by atoms with Crippen LogP contribution in [0.3, 0.4) is 0 Å². The lowest BCUT2D eigenvalue weighted by Gasteiger charge is -2.32. The van der Waals surface area contributed by atoms with Crippen LogP contribution in [0.25, 0.3) is 11.1 Å². The van der Waals surface area contributed by atoms with Crippen LogP contribution in [0.5, 0.6) is 0 Å². The van der Waals surface area contributed by atoms with Gasteiger partial charge in [0.05, 0.1) is 11.2 Å². The number of rotatable bonds is 6. The van der Waals surface area contributed by atoms with Crippen LogP contribution < -0.4 is 27.3 Å². The minimum Gasteiger partial charge on any atom is -0.399 e. The zero-order valence-corrected chi connectivity index (χ0v) is 24.8. The van der Waals surface area contributed by atoms with Crippen LogP contribution in [0.2, 0.25) is 0 Å². The van der Waals surface area contributed by atoms with Crippen LogP contribution >= 0.6 is 0 Å². The Hall–Kier alpha value is -3.01. The summed E-state index contributed by atoms with van der Waals surface area (Å²) in [5.74, 6) is 0. The van der Waals surface area contributed by atoms with Crippen molar-refractivity contribution >= 4 is 49.0 Å². The summed E-state index contributed by atoms with van der Waals surface area (Å²) in [6.07, 6.45) is 0. The summed E-state index contributed by atoms with van der Waals surface area (Å²) in [7, 11) is 1.22. The molecule has 1 heterocycles. The highest BCUT2D eigenvalue weighted by Crippen LogP contribution is 2.36. The second kappa shape index (κ2) is 10.5. The lowest BCUT2D eigenvalue weighted by molar-refractivity contribution is 0.00578. The molecule has 0 radical (unpaired) electrons. The quantitative estimate of drug-likeness (QED) is 0.368. The third-order valence-electron chi connectivity index (χ3n) is 9.03. The second-order valence-electron chi connectivity index (χ2n) is 12.2. The van der Waals surface area contributed by atoms with E-state index < -0.39 is 18.3 Å². The van der Waals surface area contributed by atoms with Crippen molar-refractivity contribution in [2.45, 2.75) is 66.6 Å². The zero-order valence-electron chi connectivity index (χ0n) is 24.8. The van der Waals surface area contributed by atoms with Crippen LogP contribution in [-0.4, -0.2) is 32.9 Å². The van der Waals surface area contributed by atoms with E-state index in [2.05, 4.69) is 134 Å². The van der Waals surface area contributed by atoms with Gasteiger partial charge in [-0.2, -0.15) is 0 Å². The molecular formula is C34H39B3O2. The molecule has 0 atom stereocenters. The highest BCUT2D eigenvalue weighted by atomic mass is 16.7. The number of hydrogen-bond donors (Lipinski definition) is 0. The summed E-state index contributed by atoms with van der Waals surface area (Å²) in [6, 6.07) is 28.5. The third kappa shape index (κ3) is 5.27. The zero-order chi connectivity index (χ0) is 27.9. The molecule has 39 heavy (non-hydrogen) atoms. The largest absolute Gasteiger partial charge is 0.493 e. The molecule has 0 N–H and O–H groups in total. The Balaban J connectivity index is 1.78. The van der Waals surface area contributed by atoms with Crippen molar-refractivity contribution in [3.63, 3.8) is 0 Å². The Morgan fingerprint density at radius 1 is 0.538 bits per heavy atom. The van der Waals surface area contributed by atoms with Gasteiger partial charge < -0.3 is 9.31 Å². The van der Waals surface area contributed by atoms with Crippen molar-refractivity contribution in [3.8, 4) is 11.1 Å². The standard InChI is InChI=1S/C34H39B3O2/c1-22-14-12-15-23(2)29(22)35-28-21-20-27(26-18-10-9-11-19-26)31(36-30-24(3)16-13-17-25(30)4)32(28)37-38-33(5,6)34(7,8)39-37/h9-21,35-36H,1-8H3. The Morgan fingerprint density at radius 3 is 1.54 bits per heavy atom. The van der Waals surface area contributed by atoms with Gasteiger partial charge in [-0.1, -0.05) is 123 Å². The van der Waals surface area contributed by atoms with E-state index in [0.717, 1.165) is 14.6 Å². The summed E-state index contributed by atoms with van der Waals surface area (Å²) < 4.78 is 13.6. The average Bonchev–Trinajstić information content (AvgIpc) is 3.10. The topological polar surface area (TPSA) is 18.5 Å². The predicted molar refractivity (Wildman–Crippen MR) is 172 cm³/mol. The molecule has 1 saturated heterocycles. The van der Waals surface area contributed by atoms with Crippen LogP contribution in [-0.2, 0) is 9.31 Å². The molecule has 196 valence electrons. The van der Waals surface area contributed by atoms with Gasteiger partial charge >= 0.3 is 7.12 Å². The molecule has 0 spiro atoms. The fourth-order valence-corrected chi connectivity index (χ4v) is 5.82. The Morgan fingerprint density at radius 2 is 1.03 bits per heavy atom. The molecular weight excluding hydrogens is 473 g/mol. The van der Waals surface area contributed by atoms with E-state index in [9.17, 15) is 0 Å². The molecule has 1 fully saturated rings. The van der Waals surface area contributed by atoms with Crippen LogP contribution in [0, 0.1) is 27.7 Å². The molecule has 0 saturated carbocycles. The first-order chi connectivity index (χ1) is 18.5. The number of hydrogen-bond acceptors (Lipinski definition) is 2. The highest BCUT2D eigenvalue weighted by molar-refractivity contribution is 6.84. The van der Waals surface area contributed by atoms with E-state index in [4.69, 9.17) is 9.31 Å². The summed E-state index contributed by atoms with van der Waals surface area (Å²) >= 11 is 0. The molecule has 1 aliphatic rings. The van der Waals surface area contributed by atoms with Gasteiger partial charge in [0.15, 0.2) is 14.6 Å². The van der Waals surface area contributed by atoms with E-state index in [-0.39, 0.29) is 0 Å².